The average Bonchev–Trinajstić information content (AvgIpc) is 2.02. The van der Waals surface area contributed by atoms with Crippen molar-refractivity contribution in [2.24, 2.45) is 0 Å². The number of carbonyl (C=O) groups excluding carboxylic acids is 1. The SMILES string of the molecule is COC(=O)C(F)(F)C(F)(F)SCl. The minimum Gasteiger partial charge on any atom is -0.464 e. The van der Waals surface area contributed by atoms with E-state index < -0.39 is 28.1 Å². The number of halogens is 5. The summed E-state index contributed by atoms with van der Waals surface area (Å²) >= 11 is 0. The van der Waals surface area contributed by atoms with Crippen molar-refractivity contribution in [3.63, 3.8) is 0 Å². The minimum absolute atomic E-state index is 0.575. The van der Waals surface area contributed by atoms with E-state index >= 15 is 0 Å². The van der Waals surface area contributed by atoms with Gasteiger partial charge >= 0.3 is 17.1 Å². The molecule has 0 heterocycles. The van der Waals surface area contributed by atoms with Crippen molar-refractivity contribution in [1.29, 1.82) is 0 Å². The Bertz CT molecular complexity index is 186. The molecular formula is C4H3ClF4O2S. The van der Waals surface area contributed by atoms with Crippen molar-refractivity contribution in [3.05, 3.63) is 0 Å². The number of hydrogen-bond donors (Lipinski definition) is 0. The van der Waals surface area contributed by atoms with E-state index in [1.807, 2.05) is 0 Å². The highest BCUT2D eigenvalue weighted by Crippen LogP contribution is 2.45. The summed E-state index contributed by atoms with van der Waals surface area (Å²) in [4.78, 5) is 10.1. The van der Waals surface area contributed by atoms with Gasteiger partial charge in [-0.15, -0.1) is 0 Å². The summed E-state index contributed by atoms with van der Waals surface area (Å²) in [5.74, 6) is -7.23. The van der Waals surface area contributed by atoms with Gasteiger partial charge in [0.1, 0.15) is 0 Å². The van der Waals surface area contributed by atoms with Gasteiger partial charge in [0.05, 0.1) is 7.11 Å². The zero-order valence-corrected chi connectivity index (χ0v) is 7.19. The van der Waals surface area contributed by atoms with Gasteiger partial charge in [0, 0.05) is 11.0 Å². The largest absolute Gasteiger partial charge is 0.464 e. The Labute approximate surface area is 73.7 Å². The maximum Gasteiger partial charge on any atom is 0.415 e. The standard InChI is InChI=1S/C4H3ClF4O2S/c1-11-2(10)3(6,7)4(8,9)12-5/h1H3. The van der Waals surface area contributed by atoms with Crippen molar-refractivity contribution in [2.75, 3.05) is 7.11 Å². The van der Waals surface area contributed by atoms with E-state index in [2.05, 4.69) is 15.4 Å². The third-order valence-corrected chi connectivity index (χ3v) is 1.94. The predicted octanol–water partition coefficient (Wildman–Crippen LogP) is 2.27. The van der Waals surface area contributed by atoms with Crippen LogP contribution < -0.4 is 0 Å². The molecule has 8 heteroatoms. The summed E-state index contributed by atoms with van der Waals surface area (Å²) in [6.07, 6.45) is 0. The zero-order chi connectivity index (χ0) is 9.99. The first kappa shape index (κ1) is 11.8. The van der Waals surface area contributed by atoms with E-state index in [9.17, 15) is 22.4 Å². The van der Waals surface area contributed by atoms with Gasteiger partial charge < -0.3 is 4.74 Å². The van der Waals surface area contributed by atoms with Gasteiger partial charge in [-0.1, -0.05) is 0 Å². The summed E-state index contributed by atoms with van der Waals surface area (Å²) in [6, 6.07) is 0. The monoisotopic (exact) mass is 226 g/mol. The zero-order valence-electron chi connectivity index (χ0n) is 5.61. The van der Waals surface area contributed by atoms with Crippen LogP contribution in [-0.2, 0) is 9.53 Å². The van der Waals surface area contributed by atoms with Gasteiger partial charge in [-0.3, -0.25) is 0 Å². The van der Waals surface area contributed by atoms with E-state index in [0.717, 1.165) is 0 Å². The lowest BCUT2D eigenvalue weighted by Gasteiger charge is -2.20. The van der Waals surface area contributed by atoms with Crippen LogP contribution in [0.25, 0.3) is 0 Å². The molecule has 0 aliphatic rings. The highest BCUT2D eigenvalue weighted by molar-refractivity contribution is 8.22. The number of carbonyl (C=O) groups is 1. The molecule has 2 nitrogen and oxygen atoms in total. The summed E-state index contributed by atoms with van der Waals surface area (Å²) in [6.45, 7) is 0. The molecule has 0 radical (unpaired) electrons. The summed E-state index contributed by atoms with van der Waals surface area (Å²) < 4.78 is 52.3. The van der Waals surface area contributed by atoms with Gasteiger partial charge in [-0.25, -0.2) is 4.79 Å². The molecule has 12 heavy (non-hydrogen) atoms. The lowest BCUT2D eigenvalue weighted by molar-refractivity contribution is -0.198. The maximum absolute atomic E-state index is 12.3. The molecule has 72 valence electrons. The number of rotatable bonds is 3. The fourth-order valence-electron chi connectivity index (χ4n) is 0.295. The van der Waals surface area contributed by atoms with Crippen LogP contribution >= 0.6 is 21.7 Å². The van der Waals surface area contributed by atoms with Crippen LogP contribution in [0.3, 0.4) is 0 Å². The first-order valence-corrected chi connectivity index (χ1v) is 4.07. The van der Waals surface area contributed by atoms with Gasteiger partial charge in [0.15, 0.2) is 0 Å². The molecule has 0 aromatic rings. The molecule has 0 aliphatic heterocycles. The molecule has 0 N–H and O–H groups in total. The number of esters is 1. The van der Waals surface area contributed by atoms with Gasteiger partial charge in [0.2, 0.25) is 0 Å². The third kappa shape index (κ3) is 1.95. The maximum atomic E-state index is 12.3. The molecule has 0 saturated heterocycles. The van der Waals surface area contributed by atoms with Crippen LogP contribution in [0.2, 0.25) is 0 Å². The lowest BCUT2D eigenvalue weighted by atomic mass is 10.3. The predicted molar refractivity (Wildman–Crippen MR) is 35.4 cm³/mol. The second-order valence-corrected chi connectivity index (χ2v) is 2.79. The normalized spacial score (nSPS) is 12.8. The molecule has 0 rings (SSSR count). The molecule has 0 unspecified atom stereocenters. The van der Waals surface area contributed by atoms with Gasteiger partial charge in [0.25, 0.3) is 0 Å². The lowest BCUT2D eigenvalue weighted by Crippen LogP contribution is -2.44. The van der Waals surface area contributed by atoms with Crippen molar-refractivity contribution < 1.29 is 27.1 Å². The number of hydrogen-bond acceptors (Lipinski definition) is 3. The number of methoxy groups -OCH3 is 1. The van der Waals surface area contributed by atoms with Crippen LogP contribution in [0.15, 0.2) is 0 Å². The van der Waals surface area contributed by atoms with Gasteiger partial charge in [-0.2, -0.15) is 17.6 Å². The number of ether oxygens (including phenoxy) is 1. The molecule has 0 aliphatic carbocycles. The van der Waals surface area contributed by atoms with Crippen LogP contribution in [0.4, 0.5) is 17.6 Å². The molecule has 0 atom stereocenters. The second-order valence-electron chi connectivity index (χ2n) is 1.66. The molecule has 0 aromatic heterocycles. The van der Waals surface area contributed by atoms with E-state index in [1.165, 1.54) is 0 Å². The van der Waals surface area contributed by atoms with Crippen molar-refractivity contribution in [3.8, 4) is 0 Å². The van der Waals surface area contributed by atoms with Crippen molar-refractivity contribution in [1.82, 2.24) is 0 Å². The Hall–Kier alpha value is -0.170. The Morgan fingerprint density at radius 3 is 2.08 bits per heavy atom. The van der Waals surface area contributed by atoms with E-state index in [1.54, 1.807) is 0 Å². The van der Waals surface area contributed by atoms with Crippen LogP contribution in [-0.4, -0.2) is 24.3 Å². The molecule has 0 aromatic carbocycles. The minimum atomic E-state index is -4.91. The molecular weight excluding hydrogens is 224 g/mol. The first-order chi connectivity index (χ1) is 5.29. The number of alkyl halides is 4. The average molecular weight is 227 g/mol. The highest BCUT2D eigenvalue weighted by atomic mass is 35.7. The summed E-state index contributed by atoms with van der Waals surface area (Å²) in [5, 5.41) is -4.67. The van der Waals surface area contributed by atoms with E-state index in [0.29, 0.717) is 7.11 Å². The fraction of sp³-hybridized carbons (Fsp3) is 0.750. The fourth-order valence-corrected chi connectivity index (χ4v) is 0.766. The first-order valence-electron chi connectivity index (χ1n) is 2.43. The Kier molecular flexibility index (Phi) is 3.64. The summed E-state index contributed by atoms with van der Waals surface area (Å²) in [5.41, 5.74) is 0. The molecule has 0 spiro atoms. The molecule has 0 bridgehead atoms. The van der Waals surface area contributed by atoms with E-state index in [4.69, 9.17) is 0 Å². The smallest absolute Gasteiger partial charge is 0.415 e. The molecule has 0 saturated carbocycles. The Balaban J connectivity index is 4.71. The Morgan fingerprint density at radius 1 is 1.42 bits per heavy atom. The third-order valence-electron chi connectivity index (χ3n) is 0.904. The topological polar surface area (TPSA) is 26.3 Å². The molecule has 0 fully saturated rings. The second kappa shape index (κ2) is 3.69. The van der Waals surface area contributed by atoms with Crippen LogP contribution in [0, 0.1) is 0 Å². The van der Waals surface area contributed by atoms with Crippen LogP contribution in [0.5, 0.6) is 0 Å². The quantitative estimate of drug-likeness (QED) is 0.546. The Morgan fingerprint density at radius 2 is 1.83 bits per heavy atom. The van der Waals surface area contributed by atoms with Crippen molar-refractivity contribution in [2.45, 2.75) is 11.2 Å². The molecule has 0 amide bonds. The van der Waals surface area contributed by atoms with E-state index in [-0.39, 0.29) is 0 Å². The summed E-state index contributed by atoms with van der Waals surface area (Å²) in [7, 11) is 4.10. The van der Waals surface area contributed by atoms with Gasteiger partial charge in [-0.05, 0) is 10.7 Å². The highest BCUT2D eigenvalue weighted by Gasteiger charge is 2.63. The van der Waals surface area contributed by atoms with Crippen LogP contribution in [0.1, 0.15) is 0 Å². The van der Waals surface area contributed by atoms with Crippen molar-refractivity contribution >= 4 is 27.6 Å².